The first-order chi connectivity index (χ1) is 7.70. The SMILES string of the molecule is CSCCC(=O)N(C)C1CC2CCC(C1)N2.Cl. The fraction of sp³-hybridized carbons (Fsp3) is 0.917. The van der Waals surface area contributed by atoms with E-state index in [9.17, 15) is 4.79 Å². The molecule has 0 aromatic rings. The predicted molar refractivity (Wildman–Crippen MR) is 76.0 cm³/mol. The maximum atomic E-state index is 11.9. The Morgan fingerprint density at radius 2 is 1.94 bits per heavy atom. The molecule has 0 saturated carbocycles. The summed E-state index contributed by atoms with van der Waals surface area (Å²) in [4.78, 5) is 13.9. The summed E-state index contributed by atoms with van der Waals surface area (Å²) in [5, 5.41) is 3.62. The Kier molecular flexibility index (Phi) is 6.10. The Balaban J connectivity index is 0.00000144. The first-order valence-electron chi connectivity index (χ1n) is 6.21. The molecule has 2 aliphatic heterocycles. The van der Waals surface area contributed by atoms with E-state index in [1.54, 1.807) is 11.8 Å². The van der Waals surface area contributed by atoms with Crippen LogP contribution in [0.5, 0.6) is 0 Å². The first-order valence-corrected chi connectivity index (χ1v) is 7.60. The van der Waals surface area contributed by atoms with Gasteiger partial charge in [0.05, 0.1) is 0 Å². The van der Waals surface area contributed by atoms with Crippen LogP contribution in [-0.2, 0) is 4.79 Å². The zero-order chi connectivity index (χ0) is 11.5. The molecular weight excluding hydrogens is 256 g/mol. The van der Waals surface area contributed by atoms with Gasteiger partial charge in [-0.15, -0.1) is 12.4 Å². The molecule has 17 heavy (non-hydrogen) atoms. The number of carbonyl (C=O) groups excluding carboxylic acids is 1. The van der Waals surface area contributed by atoms with Crippen molar-refractivity contribution in [2.24, 2.45) is 0 Å². The summed E-state index contributed by atoms with van der Waals surface area (Å²) >= 11 is 1.75. The maximum absolute atomic E-state index is 11.9. The minimum atomic E-state index is 0. The molecule has 0 aliphatic carbocycles. The van der Waals surface area contributed by atoms with Crippen LogP contribution in [-0.4, -0.2) is 48.0 Å². The number of halogens is 1. The summed E-state index contributed by atoms with van der Waals surface area (Å²) in [6, 6.07) is 1.81. The van der Waals surface area contributed by atoms with Gasteiger partial charge in [-0.25, -0.2) is 0 Å². The molecule has 2 unspecified atom stereocenters. The Hall–Kier alpha value is 0.0700. The highest BCUT2D eigenvalue weighted by Crippen LogP contribution is 2.29. The lowest BCUT2D eigenvalue weighted by molar-refractivity contribution is -0.132. The van der Waals surface area contributed by atoms with Crippen molar-refractivity contribution in [1.82, 2.24) is 10.2 Å². The van der Waals surface area contributed by atoms with Crippen LogP contribution in [0.15, 0.2) is 0 Å². The molecule has 2 rings (SSSR count). The Morgan fingerprint density at radius 3 is 2.47 bits per heavy atom. The van der Waals surface area contributed by atoms with E-state index in [-0.39, 0.29) is 12.4 Å². The Bertz CT molecular complexity index is 253. The Labute approximate surface area is 114 Å². The number of hydrogen-bond donors (Lipinski definition) is 1. The summed E-state index contributed by atoms with van der Waals surface area (Å²) in [6.45, 7) is 0. The lowest BCUT2D eigenvalue weighted by atomic mass is 9.98. The topological polar surface area (TPSA) is 32.3 Å². The second-order valence-corrected chi connectivity index (χ2v) is 6.00. The minimum absolute atomic E-state index is 0. The smallest absolute Gasteiger partial charge is 0.223 e. The minimum Gasteiger partial charge on any atom is -0.343 e. The zero-order valence-electron chi connectivity index (χ0n) is 10.6. The third-order valence-electron chi connectivity index (χ3n) is 3.91. The summed E-state index contributed by atoms with van der Waals surface area (Å²) in [6.07, 6.45) is 7.65. The van der Waals surface area contributed by atoms with Crippen LogP contribution in [0, 0.1) is 0 Å². The van der Waals surface area contributed by atoms with Crippen molar-refractivity contribution in [1.29, 1.82) is 0 Å². The molecule has 3 nitrogen and oxygen atoms in total. The average Bonchev–Trinajstić information content (AvgIpc) is 2.64. The van der Waals surface area contributed by atoms with Gasteiger partial charge < -0.3 is 10.2 Å². The van der Waals surface area contributed by atoms with Gasteiger partial charge in [0, 0.05) is 37.3 Å². The molecule has 2 saturated heterocycles. The molecule has 2 heterocycles. The number of nitrogens with one attached hydrogen (secondary N) is 1. The molecule has 2 aliphatic rings. The van der Waals surface area contributed by atoms with E-state index in [0.717, 1.165) is 18.6 Å². The van der Waals surface area contributed by atoms with Crippen molar-refractivity contribution in [3.8, 4) is 0 Å². The molecule has 0 aromatic carbocycles. The van der Waals surface area contributed by atoms with Gasteiger partial charge in [0.1, 0.15) is 0 Å². The van der Waals surface area contributed by atoms with Crippen LogP contribution in [0.2, 0.25) is 0 Å². The number of rotatable bonds is 4. The van der Waals surface area contributed by atoms with E-state index in [2.05, 4.69) is 11.6 Å². The van der Waals surface area contributed by atoms with Crippen molar-refractivity contribution < 1.29 is 4.79 Å². The van der Waals surface area contributed by atoms with Crippen LogP contribution < -0.4 is 5.32 Å². The van der Waals surface area contributed by atoms with Gasteiger partial charge in [-0.2, -0.15) is 11.8 Å². The third-order valence-corrected chi connectivity index (χ3v) is 4.52. The number of piperidine rings is 1. The van der Waals surface area contributed by atoms with Crippen molar-refractivity contribution in [3.05, 3.63) is 0 Å². The van der Waals surface area contributed by atoms with Crippen LogP contribution in [0.4, 0.5) is 0 Å². The van der Waals surface area contributed by atoms with Crippen LogP contribution in [0.3, 0.4) is 0 Å². The number of carbonyl (C=O) groups is 1. The highest BCUT2D eigenvalue weighted by molar-refractivity contribution is 7.98. The average molecular weight is 279 g/mol. The van der Waals surface area contributed by atoms with Crippen LogP contribution in [0.1, 0.15) is 32.1 Å². The number of amides is 1. The van der Waals surface area contributed by atoms with Crippen LogP contribution >= 0.6 is 24.2 Å². The number of hydrogen-bond acceptors (Lipinski definition) is 3. The third kappa shape index (κ3) is 3.76. The molecular formula is C12H23ClN2OS. The molecule has 100 valence electrons. The Morgan fingerprint density at radius 1 is 1.35 bits per heavy atom. The van der Waals surface area contributed by atoms with E-state index in [1.807, 2.05) is 11.9 Å². The van der Waals surface area contributed by atoms with Crippen molar-refractivity contribution in [2.75, 3.05) is 19.1 Å². The number of thioether (sulfide) groups is 1. The van der Waals surface area contributed by atoms with E-state index in [4.69, 9.17) is 0 Å². The van der Waals surface area contributed by atoms with Gasteiger partial charge in [0.25, 0.3) is 0 Å². The van der Waals surface area contributed by atoms with E-state index in [1.165, 1.54) is 12.8 Å². The molecule has 0 radical (unpaired) electrons. The monoisotopic (exact) mass is 278 g/mol. The fourth-order valence-corrected chi connectivity index (χ4v) is 3.29. The second-order valence-electron chi connectivity index (χ2n) is 5.01. The largest absolute Gasteiger partial charge is 0.343 e. The quantitative estimate of drug-likeness (QED) is 0.853. The van der Waals surface area contributed by atoms with Gasteiger partial charge in [0.2, 0.25) is 5.91 Å². The van der Waals surface area contributed by atoms with Gasteiger partial charge >= 0.3 is 0 Å². The highest BCUT2D eigenvalue weighted by Gasteiger charge is 2.36. The molecule has 0 aromatic heterocycles. The second kappa shape index (κ2) is 6.86. The van der Waals surface area contributed by atoms with Crippen LogP contribution in [0.25, 0.3) is 0 Å². The fourth-order valence-electron chi connectivity index (χ4n) is 2.91. The normalized spacial score (nSPS) is 30.8. The van der Waals surface area contributed by atoms with E-state index < -0.39 is 0 Å². The van der Waals surface area contributed by atoms with Gasteiger partial charge in [-0.05, 0) is 31.9 Å². The predicted octanol–water partition coefficient (Wildman–Crippen LogP) is 1.90. The molecule has 5 heteroatoms. The molecule has 2 atom stereocenters. The standard InChI is InChI=1S/C12H22N2OS.ClH/c1-14(12(15)5-6-16-2)11-7-9-3-4-10(8-11)13-9;/h9-11,13H,3-8H2,1-2H3;1H. The lowest BCUT2D eigenvalue weighted by Gasteiger charge is -2.35. The van der Waals surface area contributed by atoms with E-state index >= 15 is 0 Å². The van der Waals surface area contributed by atoms with Gasteiger partial charge in [0.15, 0.2) is 0 Å². The highest BCUT2D eigenvalue weighted by atomic mass is 35.5. The summed E-state index contributed by atoms with van der Waals surface area (Å²) in [5.41, 5.74) is 0. The van der Waals surface area contributed by atoms with Crippen molar-refractivity contribution >= 4 is 30.1 Å². The zero-order valence-corrected chi connectivity index (χ0v) is 12.3. The number of nitrogens with zero attached hydrogens (tertiary/aromatic N) is 1. The van der Waals surface area contributed by atoms with E-state index in [0.29, 0.717) is 30.5 Å². The molecule has 2 fully saturated rings. The van der Waals surface area contributed by atoms with Crippen molar-refractivity contribution in [3.63, 3.8) is 0 Å². The van der Waals surface area contributed by atoms with Gasteiger partial charge in [-0.1, -0.05) is 0 Å². The first kappa shape index (κ1) is 15.1. The molecule has 2 bridgehead atoms. The maximum Gasteiger partial charge on any atom is 0.223 e. The summed E-state index contributed by atoms with van der Waals surface area (Å²) in [7, 11) is 1.98. The molecule has 1 N–H and O–H groups in total. The lowest BCUT2D eigenvalue weighted by Crippen LogP contribution is -2.48. The van der Waals surface area contributed by atoms with Gasteiger partial charge in [-0.3, -0.25) is 4.79 Å². The van der Waals surface area contributed by atoms with Crippen molar-refractivity contribution in [2.45, 2.75) is 50.2 Å². The number of fused-ring (bicyclic) bond motifs is 2. The molecule has 0 spiro atoms. The molecule has 1 amide bonds. The summed E-state index contributed by atoms with van der Waals surface area (Å²) in [5.74, 6) is 1.27. The summed E-state index contributed by atoms with van der Waals surface area (Å²) < 4.78 is 0.